The van der Waals surface area contributed by atoms with E-state index in [1.165, 1.54) is 4.31 Å². The van der Waals surface area contributed by atoms with Gasteiger partial charge in [0.15, 0.2) is 0 Å². The number of rotatable bonds is 3. The largest absolute Gasteiger partial charge is 0.339 e. The van der Waals surface area contributed by atoms with Crippen molar-refractivity contribution in [1.82, 2.24) is 19.4 Å². The Labute approximate surface area is 136 Å². The van der Waals surface area contributed by atoms with E-state index in [4.69, 9.17) is 0 Å². The summed E-state index contributed by atoms with van der Waals surface area (Å²) >= 11 is 0. The molecule has 2 amide bonds. The van der Waals surface area contributed by atoms with Gasteiger partial charge in [-0.2, -0.15) is 4.31 Å². The number of carbonyl (C=O) groups is 2. The van der Waals surface area contributed by atoms with Gasteiger partial charge >= 0.3 is 0 Å². The van der Waals surface area contributed by atoms with Gasteiger partial charge in [0.05, 0.1) is 18.8 Å². The lowest BCUT2D eigenvalue weighted by Crippen LogP contribution is -2.58. The highest BCUT2D eigenvalue weighted by molar-refractivity contribution is 7.89. The maximum atomic E-state index is 12.5. The monoisotopic (exact) mass is 344 g/mol. The number of nitrogens with one attached hydrogen (secondary N) is 1. The zero-order valence-electron chi connectivity index (χ0n) is 13.2. The van der Waals surface area contributed by atoms with Crippen LogP contribution in [0.5, 0.6) is 0 Å². The Morgan fingerprint density at radius 2 is 2.04 bits per heavy atom. The van der Waals surface area contributed by atoms with Gasteiger partial charge in [-0.3, -0.25) is 9.59 Å². The van der Waals surface area contributed by atoms with E-state index in [-0.39, 0.29) is 30.2 Å². The number of hydrogen-bond donors (Lipinski definition) is 1. The highest BCUT2D eigenvalue weighted by Crippen LogP contribution is 2.19. The molecule has 3 saturated heterocycles. The van der Waals surface area contributed by atoms with E-state index in [1.807, 2.05) is 4.90 Å². The highest BCUT2D eigenvalue weighted by atomic mass is 32.2. The molecule has 0 aromatic heterocycles. The number of sulfonamides is 1. The average molecular weight is 344 g/mol. The van der Waals surface area contributed by atoms with Gasteiger partial charge in [-0.25, -0.2) is 8.42 Å². The van der Waals surface area contributed by atoms with Gasteiger partial charge in [-0.15, -0.1) is 0 Å². The Hall–Kier alpha value is -1.19. The molecular weight excluding hydrogens is 320 g/mol. The van der Waals surface area contributed by atoms with Gasteiger partial charge in [-0.1, -0.05) is 0 Å². The summed E-state index contributed by atoms with van der Waals surface area (Å²) in [6.07, 6.45) is 2.34. The Morgan fingerprint density at radius 1 is 1.22 bits per heavy atom. The molecule has 23 heavy (non-hydrogen) atoms. The molecule has 0 aliphatic carbocycles. The fourth-order valence-electron chi connectivity index (χ4n) is 3.56. The highest BCUT2D eigenvalue weighted by Gasteiger charge is 2.34. The third-order valence-corrected chi connectivity index (χ3v) is 6.73. The van der Waals surface area contributed by atoms with E-state index < -0.39 is 10.0 Å². The number of likely N-dealkylation sites (tertiary alicyclic amines) is 1. The lowest BCUT2D eigenvalue weighted by atomic mass is 10.0. The number of piperidine rings is 1. The van der Waals surface area contributed by atoms with Crippen LogP contribution in [0.2, 0.25) is 0 Å². The molecule has 130 valence electrons. The van der Waals surface area contributed by atoms with Crippen molar-refractivity contribution < 1.29 is 18.0 Å². The molecule has 0 aromatic rings. The molecule has 1 atom stereocenters. The number of nitrogens with zero attached hydrogens (tertiary/aromatic N) is 3. The van der Waals surface area contributed by atoms with E-state index >= 15 is 0 Å². The molecule has 8 nitrogen and oxygen atoms in total. The predicted molar refractivity (Wildman–Crippen MR) is 84.2 cm³/mol. The number of hydrogen-bond acceptors (Lipinski definition) is 5. The Morgan fingerprint density at radius 3 is 2.74 bits per heavy atom. The minimum absolute atomic E-state index is 0.0532. The summed E-state index contributed by atoms with van der Waals surface area (Å²) in [5.74, 6) is 0.0680. The Kier molecular flexibility index (Phi) is 4.88. The van der Waals surface area contributed by atoms with Crippen LogP contribution < -0.4 is 5.32 Å². The zero-order valence-corrected chi connectivity index (χ0v) is 14.1. The first-order chi connectivity index (χ1) is 11.0. The lowest BCUT2D eigenvalue weighted by molar-refractivity contribution is -0.140. The molecular formula is C14H24N4O4S. The summed E-state index contributed by atoms with van der Waals surface area (Å²) in [5.41, 5.74) is 0. The molecule has 3 heterocycles. The first-order valence-corrected chi connectivity index (χ1v) is 9.84. The summed E-state index contributed by atoms with van der Waals surface area (Å²) in [6.45, 7) is 3.33. The van der Waals surface area contributed by atoms with Crippen molar-refractivity contribution in [2.75, 3.05) is 51.6 Å². The van der Waals surface area contributed by atoms with E-state index in [0.717, 1.165) is 19.4 Å². The molecule has 1 N–H and O–H groups in total. The van der Waals surface area contributed by atoms with E-state index in [2.05, 4.69) is 5.32 Å². The van der Waals surface area contributed by atoms with Gasteiger partial charge in [0.1, 0.15) is 0 Å². The Bertz CT molecular complexity index is 579. The number of carbonyl (C=O) groups excluding carboxylic acids is 2. The lowest BCUT2D eigenvalue weighted by Gasteiger charge is -2.41. The molecule has 3 aliphatic rings. The topological polar surface area (TPSA) is 90.0 Å². The van der Waals surface area contributed by atoms with E-state index in [0.29, 0.717) is 39.1 Å². The van der Waals surface area contributed by atoms with Crippen LogP contribution in [-0.4, -0.2) is 91.9 Å². The normalized spacial score (nSPS) is 29.0. The summed E-state index contributed by atoms with van der Waals surface area (Å²) < 4.78 is 24.9. The minimum atomic E-state index is -3.25. The standard InChI is InChI=1S/C14H24N4O4S/c19-13-9-15-4-7-18(13)12-3-1-5-16(10-12)14(20)11-17-6-2-8-23(17,21)22/h12,15H,1-11H2. The first-order valence-electron chi connectivity index (χ1n) is 8.23. The van der Waals surface area contributed by atoms with E-state index in [1.54, 1.807) is 4.90 Å². The Balaban J connectivity index is 1.59. The van der Waals surface area contributed by atoms with Crippen LogP contribution in [0, 0.1) is 0 Å². The fourth-order valence-corrected chi connectivity index (χ4v) is 5.03. The third kappa shape index (κ3) is 3.67. The van der Waals surface area contributed by atoms with Crippen LogP contribution in [0.1, 0.15) is 19.3 Å². The SMILES string of the molecule is O=C(CN1CCCS1(=O)=O)N1CCCC(N2CCNCC2=O)C1. The minimum Gasteiger partial charge on any atom is -0.339 e. The summed E-state index contributed by atoms with van der Waals surface area (Å²) in [6, 6.07) is 0.0532. The second-order valence-corrected chi connectivity index (χ2v) is 8.49. The van der Waals surface area contributed by atoms with Crippen molar-refractivity contribution in [3.63, 3.8) is 0 Å². The van der Waals surface area contributed by atoms with Gasteiger partial charge < -0.3 is 15.1 Å². The molecule has 3 rings (SSSR count). The second-order valence-electron chi connectivity index (χ2n) is 6.40. The second kappa shape index (κ2) is 6.74. The van der Waals surface area contributed by atoms with Crippen LogP contribution in [0.4, 0.5) is 0 Å². The van der Waals surface area contributed by atoms with Crippen LogP contribution in [0.25, 0.3) is 0 Å². The molecule has 3 fully saturated rings. The first kappa shape index (κ1) is 16.7. The van der Waals surface area contributed by atoms with E-state index in [9.17, 15) is 18.0 Å². The number of amides is 2. The van der Waals surface area contributed by atoms with Crippen molar-refractivity contribution in [2.45, 2.75) is 25.3 Å². The van der Waals surface area contributed by atoms with Crippen molar-refractivity contribution >= 4 is 21.8 Å². The van der Waals surface area contributed by atoms with Crippen molar-refractivity contribution in [2.24, 2.45) is 0 Å². The summed E-state index contributed by atoms with van der Waals surface area (Å²) in [4.78, 5) is 28.0. The van der Waals surface area contributed by atoms with Gasteiger partial charge in [0, 0.05) is 38.8 Å². The van der Waals surface area contributed by atoms with Crippen LogP contribution in [0.15, 0.2) is 0 Å². The van der Waals surface area contributed by atoms with Crippen molar-refractivity contribution in [3.8, 4) is 0 Å². The van der Waals surface area contributed by atoms with Crippen molar-refractivity contribution in [3.05, 3.63) is 0 Å². The molecule has 3 aliphatic heterocycles. The van der Waals surface area contributed by atoms with Gasteiger partial charge in [0.2, 0.25) is 21.8 Å². The summed E-state index contributed by atoms with van der Waals surface area (Å²) in [7, 11) is -3.25. The molecule has 0 saturated carbocycles. The van der Waals surface area contributed by atoms with Crippen molar-refractivity contribution in [1.29, 1.82) is 0 Å². The van der Waals surface area contributed by atoms with Crippen LogP contribution in [0.3, 0.4) is 0 Å². The molecule has 0 bridgehead atoms. The molecule has 9 heteroatoms. The van der Waals surface area contributed by atoms with Gasteiger partial charge in [-0.05, 0) is 19.3 Å². The average Bonchev–Trinajstić information content (AvgIpc) is 2.86. The predicted octanol–water partition coefficient (Wildman–Crippen LogP) is -1.56. The summed E-state index contributed by atoms with van der Waals surface area (Å²) in [5, 5.41) is 3.05. The number of piperazine rings is 1. The fraction of sp³-hybridized carbons (Fsp3) is 0.857. The quantitative estimate of drug-likeness (QED) is 0.669. The molecule has 0 aromatic carbocycles. The zero-order chi connectivity index (χ0) is 16.4. The maximum absolute atomic E-state index is 12.5. The molecule has 0 spiro atoms. The molecule has 1 unspecified atom stereocenters. The molecule has 0 radical (unpaired) electrons. The maximum Gasteiger partial charge on any atom is 0.237 e. The third-order valence-electron chi connectivity index (χ3n) is 4.83. The van der Waals surface area contributed by atoms with Crippen LogP contribution >= 0.6 is 0 Å². The van der Waals surface area contributed by atoms with Gasteiger partial charge in [0.25, 0.3) is 0 Å². The smallest absolute Gasteiger partial charge is 0.237 e. The van der Waals surface area contributed by atoms with Crippen LogP contribution in [-0.2, 0) is 19.6 Å².